The van der Waals surface area contributed by atoms with Crippen LogP contribution in [0, 0.1) is 11.8 Å². The molecule has 0 aromatic rings. The van der Waals surface area contributed by atoms with Crippen LogP contribution in [0.1, 0.15) is 25.7 Å². The summed E-state index contributed by atoms with van der Waals surface area (Å²) in [7, 11) is 0. The highest BCUT2D eigenvalue weighted by Crippen LogP contribution is 2.33. The summed E-state index contributed by atoms with van der Waals surface area (Å²) in [5.41, 5.74) is 0. The van der Waals surface area contributed by atoms with E-state index < -0.39 is 12.0 Å². The van der Waals surface area contributed by atoms with Gasteiger partial charge in [0, 0.05) is 5.92 Å². The quantitative estimate of drug-likeness (QED) is 0.677. The lowest BCUT2D eigenvalue weighted by Gasteiger charge is -2.16. The predicted octanol–water partition coefficient (Wildman–Crippen LogP) is 0.932. The maximum absolute atomic E-state index is 11.7. The molecule has 0 heterocycles. The molecule has 2 aliphatic carbocycles. The molecule has 2 rings (SSSR count). The fourth-order valence-electron chi connectivity index (χ4n) is 1.91. The Hall–Kier alpha value is -1.32. The zero-order chi connectivity index (χ0) is 10.8. The lowest BCUT2D eigenvalue weighted by atomic mass is 10.1. The molecular formula is C11H15NO3. The molecule has 0 aliphatic heterocycles. The Morgan fingerprint density at radius 3 is 2.33 bits per heavy atom. The topological polar surface area (TPSA) is 66.4 Å². The fourth-order valence-corrected chi connectivity index (χ4v) is 1.91. The van der Waals surface area contributed by atoms with Crippen LogP contribution in [0.4, 0.5) is 0 Å². The monoisotopic (exact) mass is 209 g/mol. The van der Waals surface area contributed by atoms with E-state index in [1.807, 2.05) is 12.2 Å². The highest BCUT2D eigenvalue weighted by Gasteiger charge is 2.38. The van der Waals surface area contributed by atoms with Gasteiger partial charge in [0.2, 0.25) is 5.91 Å². The lowest BCUT2D eigenvalue weighted by molar-refractivity contribution is -0.143. The Morgan fingerprint density at radius 2 is 1.87 bits per heavy atom. The van der Waals surface area contributed by atoms with Gasteiger partial charge >= 0.3 is 5.97 Å². The van der Waals surface area contributed by atoms with Crippen LogP contribution in [0.15, 0.2) is 12.2 Å². The molecule has 1 atom stereocenters. The molecule has 82 valence electrons. The minimum atomic E-state index is -0.906. The molecule has 1 saturated carbocycles. The van der Waals surface area contributed by atoms with Gasteiger partial charge in [0.1, 0.15) is 6.04 Å². The summed E-state index contributed by atoms with van der Waals surface area (Å²) in [6.45, 7) is 0. The standard InChI is InChI=1S/C11H15NO3/c13-10(8-3-1-2-4-8)12-9(11(14)15)7-5-6-7/h1-2,7-9H,3-6H2,(H,12,13)(H,14,15). The number of rotatable bonds is 4. The largest absolute Gasteiger partial charge is 0.480 e. The first-order valence-corrected chi connectivity index (χ1v) is 5.36. The van der Waals surface area contributed by atoms with Crippen LogP contribution in [0.2, 0.25) is 0 Å². The van der Waals surface area contributed by atoms with Crippen LogP contribution in [0.25, 0.3) is 0 Å². The van der Waals surface area contributed by atoms with Gasteiger partial charge in [-0.3, -0.25) is 4.79 Å². The normalized spacial score (nSPS) is 22.7. The maximum Gasteiger partial charge on any atom is 0.326 e. The van der Waals surface area contributed by atoms with Gasteiger partial charge in [-0.2, -0.15) is 0 Å². The molecule has 0 bridgehead atoms. The SMILES string of the molecule is O=C(NC(C(=O)O)C1CC1)C1CC=CC1. The lowest BCUT2D eigenvalue weighted by Crippen LogP contribution is -2.44. The number of hydrogen-bond acceptors (Lipinski definition) is 2. The van der Waals surface area contributed by atoms with Crippen LogP contribution in [0.3, 0.4) is 0 Å². The number of carbonyl (C=O) groups is 2. The van der Waals surface area contributed by atoms with Crippen LogP contribution in [-0.2, 0) is 9.59 Å². The number of carboxylic acid groups (broad SMARTS) is 1. The van der Waals surface area contributed by atoms with Gasteiger partial charge < -0.3 is 10.4 Å². The Bertz CT molecular complexity index is 299. The van der Waals surface area contributed by atoms with Gasteiger partial charge in [0.25, 0.3) is 0 Å². The summed E-state index contributed by atoms with van der Waals surface area (Å²) in [6.07, 6.45) is 7.25. The molecule has 1 unspecified atom stereocenters. The minimum absolute atomic E-state index is 0.0504. The molecule has 0 saturated heterocycles. The maximum atomic E-state index is 11.7. The highest BCUT2D eigenvalue weighted by molar-refractivity contribution is 5.85. The third-order valence-electron chi connectivity index (χ3n) is 3.04. The van der Waals surface area contributed by atoms with Crippen molar-refractivity contribution in [1.29, 1.82) is 0 Å². The van der Waals surface area contributed by atoms with E-state index in [4.69, 9.17) is 5.11 Å². The first kappa shape index (κ1) is 10.2. The molecule has 1 fully saturated rings. The van der Waals surface area contributed by atoms with Crippen LogP contribution in [0.5, 0.6) is 0 Å². The van der Waals surface area contributed by atoms with Crippen molar-refractivity contribution < 1.29 is 14.7 Å². The van der Waals surface area contributed by atoms with Crippen molar-refractivity contribution >= 4 is 11.9 Å². The second-order valence-electron chi connectivity index (χ2n) is 4.30. The minimum Gasteiger partial charge on any atom is -0.480 e. The Kier molecular flexibility index (Phi) is 2.75. The molecule has 0 radical (unpaired) electrons. The number of nitrogens with one attached hydrogen (secondary N) is 1. The van der Waals surface area contributed by atoms with Gasteiger partial charge in [-0.15, -0.1) is 0 Å². The van der Waals surface area contributed by atoms with Gasteiger partial charge in [0.05, 0.1) is 0 Å². The Balaban J connectivity index is 1.88. The van der Waals surface area contributed by atoms with Gasteiger partial charge in [0.15, 0.2) is 0 Å². The van der Waals surface area contributed by atoms with E-state index in [1.165, 1.54) is 0 Å². The van der Waals surface area contributed by atoms with Gasteiger partial charge in [-0.1, -0.05) is 12.2 Å². The molecule has 1 amide bonds. The summed E-state index contributed by atoms with van der Waals surface area (Å²) in [6, 6.07) is -0.668. The van der Waals surface area contributed by atoms with Crippen molar-refractivity contribution in [3.05, 3.63) is 12.2 Å². The fraction of sp³-hybridized carbons (Fsp3) is 0.636. The number of carboxylic acids is 1. The summed E-state index contributed by atoms with van der Waals surface area (Å²) in [5.74, 6) is -0.914. The zero-order valence-corrected chi connectivity index (χ0v) is 8.48. The van der Waals surface area contributed by atoms with E-state index in [0.717, 1.165) is 25.7 Å². The molecule has 0 aromatic carbocycles. The van der Waals surface area contributed by atoms with Crippen molar-refractivity contribution in [2.75, 3.05) is 0 Å². The molecule has 2 N–H and O–H groups in total. The number of carbonyl (C=O) groups excluding carboxylic acids is 1. The molecule has 0 spiro atoms. The van der Waals surface area contributed by atoms with E-state index in [1.54, 1.807) is 0 Å². The van der Waals surface area contributed by atoms with E-state index in [-0.39, 0.29) is 17.7 Å². The van der Waals surface area contributed by atoms with Gasteiger partial charge in [-0.05, 0) is 31.6 Å². The summed E-state index contributed by atoms with van der Waals surface area (Å²) >= 11 is 0. The van der Waals surface area contributed by atoms with Crippen molar-refractivity contribution in [1.82, 2.24) is 5.32 Å². The molecule has 4 heteroatoms. The molecule has 2 aliphatic rings. The van der Waals surface area contributed by atoms with Crippen molar-refractivity contribution in [3.8, 4) is 0 Å². The Labute approximate surface area is 88.4 Å². The smallest absolute Gasteiger partial charge is 0.326 e. The van der Waals surface area contributed by atoms with E-state index >= 15 is 0 Å². The van der Waals surface area contributed by atoms with Crippen LogP contribution < -0.4 is 5.32 Å². The second-order valence-corrected chi connectivity index (χ2v) is 4.30. The van der Waals surface area contributed by atoms with Gasteiger partial charge in [-0.25, -0.2) is 4.79 Å². The number of hydrogen-bond donors (Lipinski definition) is 2. The van der Waals surface area contributed by atoms with Crippen molar-refractivity contribution in [2.24, 2.45) is 11.8 Å². The van der Waals surface area contributed by atoms with Crippen molar-refractivity contribution in [3.63, 3.8) is 0 Å². The molecular weight excluding hydrogens is 194 g/mol. The predicted molar refractivity (Wildman–Crippen MR) is 54.2 cm³/mol. The third kappa shape index (κ3) is 2.37. The highest BCUT2D eigenvalue weighted by atomic mass is 16.4. The first-order valence-electron chi connectivity index (χ1n) is 5.36. The summed E-state index contributed by atoms with van der Waals surface area (Å²) < 4.78 is 0. The second kappa shape index (κ2) is 4.04. The third-order valence-corrected chi connectivity index (χ3v) is 3.04. The number of amides is 1. The van der Waals surface area contributed by atoms with E-state index in [2.05, 4.69) is 5.32 Å². The Morgan fingerprint density at radius 1 is 1.27 bits per heavy atom. The zero-order valence-electron chi connectivity index (χ0n) is 8.48. The van der Waals surface area contributed by atoms with Crippen LogP contribution in [-0.4, -0.2) is 23.0 Å². The average molecular weight is 209 g/mol. The number of aliphatic carboxylic acids is 1. The van der Waals surface area contributed by atoms with Crippen molar-refractivity contribution in [2.45, 2.75) is 31.7 Å². The van der Waals surface area contributed by atoms with Crippen LogP contribution >= 0.6 is 0 Å². The average Bonchev–Trinajstić information content (AvgIpc) is 2.87. The molecule has 0 aromatic heterocycles. The molecule has 4 nitrogen and oxygen atoms in total. The number of allylic oxidation sites excluding steroid dienone is 2. The van der Waals surface area contributed by atoms with E-state index in [0.29, 0.717) is 0 Å². The summed E-state index contributed by atoms with van der Waals surface area (Å²) in [4.78, 5) is 22.6. The first-order chi connectivity index (χ1) is 7.18. The summed E-state index contributed by atoms with van der Waals surface area (Å²) in [5, 5.41) is 11.6. The van der Waals surface area contributed by atoms with E-state index in [9.17, 15) is 9.59 Å². The molecule has 15 heavy (non-hydrogen) atoms.